The molecule has 2 heteroatoms. The van der Waals surface area contributed by atoms with Crippen LogP contribution < -0.4 is 0 Å². The molecule has 25 heavy (non-hydrogen) atoms. The quantitative estimate of drug-likeness (QED) is 0.396. The zero-order valence-corrected chi connectivity index (χ0v) is 17.0. The molecule has 0 bridgehead atoms. The first-order valence-electron chi connectivity index (χ1n) is 10.5. The van der Waals surface area contributed by atoms with E-state index in [0.717, 1.165) is 18.5 Å². The second-order valence-electron chi connectivity index (χ2n) is 8.73. The molecule has 0 aliphatic rings. The van der Waals surface area contributed by atoms with E-state index in [1.54, 1.807) is 0 Å². The van der Waals surface area contributed by atoms with Crippen molar-refractivity contribution in [2.24, 2.45) is 5.41 Å². The number of hydrogen-bond acceptors (Lipinski definition) is 1. The third-order valence-electron chi connectivity index (χ3n) is 4.91. The van der Waals surface area contributed by atoms with Crippen LogP contribution in [0.15, 0.2) is 24.3 Å². The molecular formula is C23H38N2. The van der Waals surface area contributed by atoms with Gasteiger partial charge in [0.15, 0.2) is 0 Å². The van der Waals surface area contributed by atoms with E-state index < -0.39 is 0 Å². The first-order valence-corrected chi connectivity index (χ1v) is 10.5. The number of imidazole rings is 1. The van der Waals surface area contributed by atoms with Crippen molar-refractivity contribution in [2.45, 2.75) is 98.4 Å². The molecule has 0 N–H and O–H groups in total. The van der Waals surface area contributed by atoms with Crippen LogP contribution >= 0.6 is 0 Å². The van der Waals surface area contributed by atoms with Crippen LogP contribution in [0.1, 0.15) is 91.3 Å². The van der Waals surface area contributed by atoms with E-state index in [1.807, 2.05) is 0 Å². The Morgan fingerprint density at radius 3 is 2.08 bits per heavy atom. The highest BCUT2D eigenvalue weighted by Gasteiger charge is 2.17. The van der Waals surface area contributed by atoms with Gasteiger partial charge in [-0.3, -0.25) is 0 Å². The molecule has 0 aliphatic heterocycles. The van der Waals surface area contributed by atoms with Crippen molar-refractivity contribution >= 4 is 11.0 Å². The van der Waals surface area contributed by atoms with Crippen molar-refractivity contribution in [3.63, 3.8) is 0 Å². The number of aromatic nitrogens is 2. The Balaban J connectivity index is 1.84. The number of para-hydroxylation sites is 2. The molecule has 0 amide bonds. The number of fused-ring (bicyclic) bond motifs is 1. The van der Waals surface area contributed by atoms with E-state index in [4.69, 9.17) is 4.98 Å². The van der Waals surface area contributed by atoms with E-state index in [1.165, 1.54) is 69.1 Å². The summed E-state index contributed by atoms with van der Waals surface area (Å²) < 4.78 is 2.47. The molecule has 0 radical (unpaired) electrons. The molecule has 0 saturated heterocycles. The van der Waals surface area contributed by atoms with Gasteiger partial charge >= 0.3 is 0 Å². The Kier molecular flexibility index (Phi) is 7.99. The predicted molar refractivity (Wildman–Crippen MR) is 110 cm³/mol. The molecule has 1 heterocycles. The monoisotopic (exact) mass is 342 g/mol. The molecule has 1 aromatic heterocycles. The average Bonchev–Trinajstić information content (AvgIpc) is 2.89. The van der Waals surface area contributed by atoms with Gasteiger partial charge in [0.25, 0.3) is 0 Å². The topological polar surface area (TPSA) is 17.8 Å². The highest BCUT2D eigenvalue weighted by molar-refractivity contribution is 5.75. The third-order valence-corrected chi connectivity index (χ3v) is 4.91. The van der Waals surface area contributed by atoms with Gasteiger partial charge < -0.3 is 4.57 Å². The maximum absolute atomic E-state index is 4.92. The van der Waals surface area contributed by atoms with Gasteiger partial charge in [-0.05, 0) is 24.0 Å². The Hall–Kier alpha value is -1.31. The van der Waals surface area contributed by atoms with E-state index in [2.05, 4.69) is 56.5 Å². The SMILES string of the molecule is CCCCCCCCCCCn1c(CC(C)(C)C)nc2ccccc21. The largest absolute Gasteiger partial charge is 0.328 e. The normalized spacial score (nSPS) is 12.2. The molecule has 0 spiro atoms. The maximum Gasteiger partial charge on any atom is 0.110 e. The van der Waals surface area contributed by atoms with Crippen molar-refractivity contribution in [3.8, 4) is 0 Å². The predicted octanol–water partition coefficient (Wildman–Crippen LogP) is 7.16. The number of rotatable bonds is 11. The van der Waals surface area contributed by atoms with Crippen LogP contribution in [0.25, 0.3) is 11.0 Å². The maximum atomic E-state index is 4.92. The average molecular weight is 343 g/mol. The molecule has 2 nitrogen and oxygen atoms in total. The number of aryl methyl sites for hydroxylation is 1. The van der Waals surface area contributed by atoms with Crippen molar-refractivity contribution < 1.29 is 0 Å². The fourth-order valence-corrected chi connectivity index (χ4v) is 3.56. The van der Waals surface area contributed by atoms with Crippen LogP contribution in [0, 0.1) is 5.41 Å². The van der Waals surface area contributed by atoms with Gasteiger partial charge in [0.1, 0.15) is 5.82 Å². The smallest absolute Gasteiger partial charge is 0.110 e. The summed E-state index contributed by atoms with van der Waals surface area (Å²) in [6.45, 7) is 10.3. The lowest BCUT2D eigenvalue weighted by molar-refractivity contribution is 0.391. The van der Waals surface area contributed by atoms with Crippen LogP contribution in [-0.2, 0) is 13.0 Å². The molecule has 0 aliphatic carbocycles. The summed E-state index contributed by atoms with van der Waals surface area (Å²) in [4.78, 5) is 4.92. The molecule has 0 unspecified atom stereocenters. The Morgan fingerprint density at radius 1 is 0.840 bits per heavy atom. The minimum absolute atomic E-state index is 0.275. The van der Waals surface area contributed by atoms with E-state index in [0.29, 0.717) is 0 Å². The zero-order chi connectivity index (χ0) is 18.1. The minimum Gasteiger partial charge on any atom is -0.328 e. The first kappa shape index (κ1) is 20.0. The van der Waals surface area contributed by atoms with Crippen LogP contribution in [-0.4, -0.2) is 9.55 Å². The van der Waals surface area contributed by atoms with E-state index >= 15 is 0 Å². The Morgan fingerprint density at radius 2 is 1.44 bits per heavy atom. The van der Waals surface area contributed by atoms with Crippen molar-refractivity contribution in [3.05, 3.63) is 30.1 Å². The number of unbranched alkanes of at least 4 members (excludes halogenated alkanes) is 8. The third kappa shape index (κ3) is 6.84. The summed E-state index contributed by atoms with van der Waals surface area (Å²) in [7, 11) is 0. The molecule has 0 saturated carbocycles. The van der Waals surface area contributed by atoms with Gasteiger partial charge in [-0.2, -0.15) is 0 Å². The van der Waals surface area contributed by atoms with Crippen LogP contribution in [0.5, 0.6) is 0 Å². The van der Waals surface area contributed by atoms with E-state index in [9.17, 15) is 0 Å². The van der Waals surface area contributed by atoms with Gasteiger partial charge in [-0.15, -0.1) is 0 Å². The fraction of sp³-hybridized carbons (Fsp3) is 0.696. The molecule has 2 rings (SSSR count). The Bertz CT molecular complexity index is 619. The second kappa shape index (κ2) is 9.99. The van der Waals surface area contributed by atoms with Gasteiger partial charge in [-0.1, -0.05) is 91.2 Å². The fourth-order valence-electron chi connectivity index (χ4n) is 3.56. The number of hydrogen-bond donors (Lipinski definition) is 0. The van der Waals surface area contributed by atoms with Crippen LogP contribution in [0.3, 0.4) is 0 Å². The van der Waals surface area contributed by atoms with Crippen molar-refractivity contribution in [1.29, 1.82) is 0 Å². The first-order chi connectivity index (χ1) is 12.0. The molecule has 140 valence electrons. The lowest BCUT2D eigenvalue weighted by Gasteiger charge is -2.19. The minimum atomic E-state index is 0.275. The molecule has 0 atom stereocenters. The summed E-state index contributed by atoms with van der Waals surface area (Å²) in [6, 6.07) is 8.60. The molecule has 2 aromatic rings. The number of nitrogens with zero attached hydrogens (tertiary/aromatic N) is 2. The van der Waals surface area contributed by atoms with Crippen molar-refractivity contribution in [2.75, 3.05) is 0 Å². The highest BCUT2D eigenvalue weighted by Crippen LogP contribution is 2.24. The highest BCUT2D eigenvalue weighted by atomic mass is 15.1. The number of benzene rings is 1. The summed E-state index contributed by atoms with van der Waals surface area (Å²) in [5, 5.41) is 0. The van der Waals surface area contributed by atoms with Gasteiger partial charge in [0.2, 0.25) is 0 Å². The molecule has 0 fully saturated rings. The van der Waals surface area contributed by atoms with Gasteiger partial charge in [0.05, 0.1) is 11.0 Å². The summed E-state index contributed by atoms with van der Waals surface area (Å²) >= 11 is 0. The standard InChI is InChI=1S/C23H38N2/c1-5-6-7-8-9-10-11-12-15-18-25-21-17-14-13-16-20(21)24-22(25)19-23(2,3)4/h13-14,16-17H,5-12,15,18-19H2,1-4H3. The zero-order valence-electron chi connectivity index (χ0n) is 17.0. The lowest BCUT2D eigenvalue weighted by atomic mass is 9.92. The Labute approximate surface area is 155 Å². The lowest BCUT2D eigenvalue weighted by Crippen LogP contribution is -2.14. The second-order valence-corrected chi connectivity index (χ2v) is 8.73. The summed E-state index contributed by atoms with van der Waals surface area (Å²) in [6.07, 6.45) is 13.5. The van der Waals surface area contributed by atoms with Crippen LogP contribution in [0.4, 0.5) is 0 Å². The van der Waals surface area contributed by atoms with E-state index in [-0.39, 0.29) is 5.41 Å². The van der Waals surface area contributed by atoms with Gasteiger partial charge in [-0.25, -0.2) is 4.98 Å². The molecular weight excluding hydrogens is 304 g/mol. The molecule has 1 aromatic carbocycles. The van der Waals surface area contributed by atoms with Crippen LogP contribution in [0.2, 0.25) is 0 Å². The summed E-state index contributed by atoms with van der Waals surface area (Å²) in [5.74, 6) is 1.26. The summed E-state index contributed by atoms with van der Waals surface area (Å²) in [5.41, 5.74) is 2.73. The van der Waals surface area contributed by atoms with Gasteiger partial charge in [0, 0.05) is 13.0 Å². The van der Waals surface area contributed by atoms with Crippen molar-refractivity contribution in [1.82, 2.24) is 9.55 Å².